The van der Waals surface area contributed by atoms with E-state index in [-0.39, 0.29) is 5.91 Å². The Hall–Kier alpha value is -2.88. The molecule has 2 aromatic rings. The van der Waals surface area contributed by atoms with Gasteiger partial charge in [-0.15, -0.1) is 0 Å². The van der Waals surface area contributed by atoms with Crippen LogP contribution in [0.1, 0.15) is 11.1 Å². The number of hydrogen-bond acceptors (Lipinski definition) is 3. The number of methoxy groups -OCH3 is 1. The van der Waals surface area contributed by atoms with Crippen LogP contribution in [0.4, 0.5) is 0 Å². The second kappa shape index (κ2) is 5.63. The van der Waals surface area contributed by atoms with Gasteiger partial charge in [-0.2, -0.15) is 0 Å². The third-order valence-electron chi connectivity index (χ3n) is 3.18. The van der Waals surface area contributed by atoms with Gasteiger partial charge >= 0.3 is 0 Å². The van der Waals surface area contributed by atoms with Gasteiger partial charge in [0.2, 0.25) is 0 Å². The molecule has 1 aliphatic rings. The third kappa shape index (κ3) is 2.69. The van der Waals surface area contributed by atoms with Crippen LogP contribution >= 0.6 is 0 Å². The van der Waals surface area contributed by atoms with E-state index < -0.39 is 0 Å². The first-order valence-corrected chi connectivity index (χ1v) is 6.58. The van der Waals surface area contributed by atoms with Crippen LogP contribution in [0.5, 0.6) is 5.75 Å². The number of nitrogens with zero attached hydrogens (tertiary/aromatic N) is 1. The molecule has 4 nitrogen and oxygen atoms in total. The van der Waals surface area contributed by atoms with E-state index >= 15 is 0 Å². The van der Waals surface area contributed by atoms with Crippen molar-refractivity contribution in [3.63, 3.8) is 0 Å². The van der Waals surface area contributed by atoms with Crippen molar-refractivity contribution in [1.29, 1.82) is 0 Å². The second-order valence-corrected chi connectivity index (χ2v) is 4.55. The number of aliphatic imine (C=N–C) groups is 1. The lowest BCUT2D eigenvalue weighted by Gasteiger charge is -2.03. The number of amidine groups is 1. The largest absolute Gasteiger partial charge is 0.496 e. The van der Waals surface area contributed by atoms with Crippen LogP contribution in [0, 0.1) is 0 Å². The van der Waals surface area contributed by atoms with E-state index in [2.05, 4.69) is 10.3 Å². The van der Waals surface area contributed by atoms with Crippen LogP contribution in [0.3, 0.4) is 0 Å². The molecule has 104 valence electrons. The highest BCUT2D eigenvalue weighted by Crippen LogP contribution is 2.22. The number of carbonyl (C=O) groups is 1. The zero-order chi connectivity index (χ0) is 14.7. The SMILES string of the molecule is COc1ccccc1/C=C1\N=C(c2ccccc2)NC1=O. The summed E-state index contributed by atoms with van der Waals surface area (Å²) < 4.78 is 5.28. The van der Waals surface area contributed by atoms with Crippen molar-refractivity contribution in [3.05, 3.63) is 71.4 Å². The Labute approximate surface area is 122 Å². The van der Waals surface area contributed by atoms with Gasteiger partial charge in [-0.3, -0.25) is 4.79 Å². The van der Waals surface area contributed by atoms with E-state index in [4.69, 9.17) is 4.74 Å². The molecule has 0 bridgehead atoms. The van der Waals surface area contributed by atoms with Crippen LogP contribution in [0.25, 0.3) is 6.08 Å². The molecule has 1 aliphatic heterocycles. The summed E-state index contributed by atoms with van der Waals surface area (Å²) in [4.78, 5) is 16.4. The summed E-state index contributed by atoms with van der Waals surface area (Å²) >= 11 is 0. The number of carbonyl (C=O) groups excluding carboxylic acids is 1. The van der Waals surface area contributed by atoms with Crippen LogP contribution in [-0.4, -0.2) is 18.9 Å². The minimum absolute atomic E-state index is 0.209. The van der Waals surface area contributed by atoms with E-state index in [1.54, 1.807) is 13.2 Å². The molecule has 0 aromatic heterocycles. The molecule has 1 amide bonds. The third-order valence-corrected chi connectivity index (χ3v) is 3.18. The fraction of sp³-hybridized carbons (Fsp3) is 0.0588. The Balaban J connectivity index is 1.97. The van der Waals surface area contributed by atoms with Gasteiger partial charge in [-0.05, 0) is 12.1 Å². The first-order valence-electron chi connectivity index (χ1n) is 6.58. The Morgan fingerprint density at radius 2 is 1.76 bits per heavy atom. The molecule has 0 radical (unpaired) electrons. The van der Waals surface area contributed by atoms with Gasteiger partial charge in [0.05, 0.1) is 7.11 Å². The Morgan fingerprint density at radius 1 is 1.05 bits per heavy atom. The average molecular weight is 278 g/mol. The highest BCUT2D eigenvalue weighted by Gasteiger charge is 2.21. The number of amides is 1. The second-order valence-electron chi connectivity index (χ2n) is 4.55. The molecule has 21 heavy (non-hydrogen) atoms. The van der Waals surface area contributed by atoms with E-state index in [0.717, 1.165) is 11.1 Å². The Bertz CT molecular complexity index is 733. The number of ether oxygens (including phenoxy) is 1. The fourth-order valence-electron chi connectivity index (χ4n) is 2.13. The molecule has 1 heterocycles. The molecule has 0 atom stereocenters. The lowest BCUT2D eigenvalue weighted by Crippen LogP contribution is -2.24. The number of para-hydroxylation sites is 1. The highest BCUT2D eigenvalue weighted by molar-refractivity contribution is 6.19. The van der Waals surface area contributed by atoms with Gasteiger partial charge in [0.25, 0.3) is 5.91 Å². The molecule has 0 fully saturated rings. The summed E-state index contributed by atoms with van der Waals surface area (Å²) in [6.45, 7) is 0. The van der Waals surface area contributed by atoms with Crippen molar-refractivity contribution in [3.8, 4) is 5.75 Å². The summed E-state index contributed by atoms with van der Waals surface area (Å²) in [5, 5.41) is 2.78. The van der Waals surface area contributed by atoms with Gasteiger partial charge in [0.1, 0.15) is 17.3 Å². The van der Waals surface area contributed by atoms with Crippen molar-refractivity contribution in [2.45, 2.75) is 0 Å². The van der Waals surface area contributed by atoms with E-state index in [1.165, 1.54) is 0 Å². The number of benzene rings is 2. The molecule has 4 heteroatoms. The standard InChI is InChI=1S/C17H14N2O2/c1-21-15-10-6-5-9-13(15)11-14-17(20)19-16(18-14)12-7-3-2-4-8-12/h2-11H,1H3,(H,18,19,20)/b14-11-. The lowest BCUT2D eigenvalue weighted by molar-refractivity contribution is -0.115. The summed E-state index contributed by atoms with van der Waals surface area (Å²) in [5.41, 5.74) is 2.08. The average Bonchev–Trinajstić information content (AvgIpc) is 2.90. The van der Waals surface area contributed by atoms with E-state index in [9.17, 15) is 4.79 Å². The maximum atomic E-state index is 12.0. The highest BCUT2D eigenvalue weighted by atomic mass is 16.5. The van der Waals surface area contributed by atoms with Crippen molar-refractivity contribution < 1.29 is 9.53 Å². The van der Waals surface area contributed by atoms with Crippen LogP contribution in [-0.2, 0) is 4.79 Å². The molecular weight excluding hydrogens is 264 g/mol. The zero-order valence-electron chi connectivity index (χ0n) is 11.5. The summed E-state index contributed by atoms with van der Waals surface area (Å²) in [5.74, 6) is 1.07. The van der Waals surface area contributed by atoms with Gasteiger partial charge in [-0.1, -0.05) is 48.5 Å². The first kappa shape index (κ1) is 13.1. The minimum atomic E-state index is -0.209. The quantitative estimate of drug-likeness (QED) is 0.877. The van der Waals surface area contributed by atoms with E-state index in [0.29, 0.717) is 17.3 Å². The maximum absolute atomic E-state index is 12.0. The molecule has 2 aromatic carbocycles. The minimum Gasteiger partial charge on any atom is -0.496 e. The molecule has 0 spiro atoms. The molecule has 3 rings (SSSR count). The van der Waals surface area contributed by atoms with Gasteiger partial charge in [-0.25, -0.2) is 4.99 Å². The maximum Gasteiger partial charge on any atom is 0.275 e. The van der Waals surface area contributed by atoms with Crippen LogP contribution in [0.2, 0.25) is 0 Å². The number of rotatable bonds is 3. The van der Waals surface area contributed by atoms with Crippen LogP contribution < -0.4 is 10.1 Å². The summed E-state index contributed by atoms with van der Waals surface area (Å²) in [7, 11) is 1.60. The first-order chi connectivity index (χ1) is 10.3. The fourth-order valence-corrected chi connectivity index (χ4v) is 2.13. The molecule has 0 saturated carbocycles. The van der Waals surface area contributed by atoms with Crippen molar-refractivity contribution in [2.75, 3.05) is 7.11 Å². The lowest BCUT2D eigenvalue weighted by atomic mass is 10.1. The molecule has 0 saturated heterocycles. The molecular formula is C17H14N2O2. The predicted octanol–water partition coefficient (Wildman–Crippen LogP) is 2.61. The van der Waals surface area contributed by atoms with Gasteiger partial charge < -0.3 is 10.1 Å². The van der Waals surface area contributed by atoms with E-state index in [1.807, 2.05) is 54.6 Å². The van der Waals surface area contributed by atoms with Gasteiger partial charge in [0.15, 0.2) is 0 Å². The van der Waals surface area contributed by atoms with Crippen molar-refractivity contribution in [1.82, 2.24) is 5.32 Å². The monoisotopic (exact) mass is 278 g/mol. The van der Waals surface area contributed by atoms with Crippen molar-refractivity contribution in [2.24, 2.45) is 4.99 Å². The van der Waals surface area contributed by atoms with Gasteiger partial charge in [0, 0.05) is 11.1 Å². The topological polar surface area (TPSA) is 50.7 Å². The molecule has 0 aliphatic carbocycles. The summed E-state index contributed by atoms with van der Waals surface area (Å²) in [6.07, 6.45) is 1.73. The summed E-state index contributed by atoms with van der Waals surface area (Å²) in [6, 6.07) is 17.1. The predicted molar refractivity (Wildman–Crippen MR) is 82.1 cm³/mol. The van der Waals surface area contributed by atoms with Crippen molar-refractivity contribution >= 4 is 17.8 Å². The Morgan fingerprint density at radius 3 is 2.52 bits per heavy atom. The number of nitrogens with one attached hydrogen (secondary N) is 1. The molecule has 0 unspecified atom stereocenters. The normalized spacial score (nSPS) is 15.8. The number of hydrogen-bond donors (Lipinski definition) is 1. The Kier molecular flexibility index (Phi) is 3.51. The van der Waals surface area contributed by atoms with Crippen LogP contribution in [0.15, 0.2) is 65.3 Å². The zero-order valence-corrected chi connectivity index (χ0v) is 11.5. The smallest absolute Gasteiger partial charge is 0.275 e. The molecule has 1 N–H and O–H groups in total.